The Morgan fingerprint density at radius 2 is 2.06 bits per heavy atom. The summed E-state index contributed by atoms with van der Waals surface area (Å²) in [4.78, 5) is 0. The maximum Gasteiger partial charge on any atom is 0.156 e. The molecule has 3 rings (SSSR count). The average molecular weight is 445 g/mol. The highest BCUT2D eigenvalue weighted by atomic mass is 19.2. The Bertz CT molecular complexity index is 1140. The lowest BCUT2D eigenvalue weighted by Gasteiger charge is -2.20. The highest BCUT2D eigenvalue weighted by Crippen LogP contribution is 2.42. The molecule has 0 spiro atoms. The molecule has 0 fully saturated rings. The molecule has 0 radical (unpaired) electrons. The SMILES string of the molecule is CC(=N)/C(=C\N)c1ccc(Cc2c(C#N)cc(F)cc2C(F)C(C)F)c2c1C(O)C(F)C2. The molecule has 8 heteroatoms. The summed E-state index contributed by atoms with van der Waals surface area (Å²) in [5.74, 6) is -0.859. The van der Waals surface area contributed by atoms with Crippen molar-refractivity contribution in [3.63, 3.8) is 0 Å². The number of hydrogen-bond donors (Lipinski definition) is 3. The van der Waals surface area contributed by atoms with Gasteiger partial charge in [-0.3, -0.25) is 0 Å². The van der Waals surface area contributed by atoms with E-state index < -0.39 is 30.4 Å². The minimum absolute atomic E-state index is 0.0844. The molecular formula is C24H23F4N3O. The lowest BCUT2D eigenvalue weighted by atomic mass is 9.86. The van der Waals surface area contributed by atoms with Crippen molar-refractivity contribution in [2.75, 3.05) is 0 Å². The molecule has 32 heavy (non-hydrogen) atoms. The summed E-state index contributed by atoms with van der Waals surface area (Å²) < 4.78 is 56.9. The number of benzene rings is 2. The summed E-state index contributed by atoms with van der Waals surface area (Å²) in [7, 11) is 0. The number of nitriles is 1. The quantitative estimate of drug-likeness (QED) is 0.435. The zero-order valence-corrected chi connectivity index (χ0v) is 17.6. The second-order valence-electron chi connectivity index (χ2n) is 7.92. The first-order valence-corrected chi connectivity index (χ1v) is 10.1. The monoisotopic (exact) mass is 445 g/mol. The number of rotatable bonds is 6. The van der Waals surface area contributed by atoms with Crippen LogP contribution in [0.4, 0.5) is 17.6 Å². The van der Waals surface area contributed by atoms with Crippen LogP contribution in [0.15, 0.2) is 30.5 Å². The van der Waals surface area contributed by atoms with E-state index in [0.29, 0.717) is 22.3 Å². The minimum atomic E-state index is -2.15. The second kappa shape index (κ2) is 9.13. The Morgan fingerprint density at radius 3 is 2.62 bits per heavy atom. The van der Waals surface area contributed by atoms with Crippen LogP contribution >= 0.6 is 0 Å². The number of fused-ring (bicyclic) bond motifs is 1. The highest BCUT2D eigenvalue weighted by molar-refractivity contribution is 6.21. The molecule has 4 N–H and O–H groups in total. The summed E-state index contributed by atoms with van der Waals surface area (Å²) in [6.45, 7) is 2.51. The molecule has 0 saturated carbocycles. The number of nitrogens with zero attached hydrogens (tertiary/aromatic N) is 1. The van der Waals surface area contributed by atoms with Gasteiger partial charge in [-0.1, -0.05) is 12.1 Å². The summed E-state index contributed by atoms with van der Waals surface area (Å²) in [5, 5.41) is 27.9. The molecule has 0 amide bonds. The standard InChI is InChI=1S/C24H23F4N3O/c1-11(25)23(28)19-7-15(26)5-14(9-29)17(19)6-13-3-4-16(20(10-30)12(2)31)22-18(13)8-21(27)24(22)32/h3-5,7,10-11,21,23-24,31-32H,6,8,30H2,1-2H3/b20-10+,31-12?. The van der Waals surface area contributed by atoms with Crippen molar-refractivity contribution in [3.05, 3.63) is 75.2 Å². The van der Waals surface area contributed by atoms with E-state index >= 15 is 0 Å². The van der Waals surface area contributed by atoms with Gasteiger partial charge in [-0.15, -0.1) is 0 Å². The van der Waals surface area contributed by atoms with Crippen molar-refractivity contribution in [3.8, 4) is 6.07 Å². The van der Waals surface area contributed by atoms with Gasteiger partial charge in [0.25, 0.3) is 0 Å². The van der Waals surface area contributed by atoms with E-state index in [2.05, 4.69) is 0 Å². The summed E-state index contributed by atoms with van der Waals surface area (Å²) in [6, 6.07) is 6.83. The number of aliphatic hydroxyl groups excluding tert-OH is 1. The van der Waals surface area contributed by atoms with Crippen LogP contribution in [0, 0.1) is 22.6 Å². The maximum atomic E-state index is 14.6. The number of halogens is 4. The number of nitrogens with two attached hydrogens (primary N) is 1. The number of nitrogens with one attached hydrogen (secondary N) is 1. The van der Waals surface area contributed by atoms with E-state index in [0.717, 1.165) is 19.1 Å². The van der Waals surface area contributed by atoms with Crippen molar-refractivity contribution in [1.82, 2.24) is 0 Å². The zero-order valence-electron chi connectivity index (χ0n) is 17.6. The predicted molar refractivity (Wildman–Crippen MR) is 114 cm³/mol. The number of aliphatic hydroxyl groups is 1. The maximum absolute atomic E-state index is 14.6. The Kier molecular flexibility index (Phi) is 6.70. The highest BCUT2D eigenvalue weighted by Gasteiger charge is 2.36. The lowest BCUT2D eigenvalue weighted by Crippen LogP contribution is -2.12. The largest absolute Gasteiger partial charge is 0.404 e. The second-order valence-corrected chi connectivity index (χ2v) is 7.92. The molecule has 2 aromatic carbocycles. The molecule has 4 nitrogen and oxygen atoms in total. The molecule has 4 unspecified atom stereocenters. The van der Waals surface area contributed by atoms with Crippen molar-refractivity contribution < 1.29 is 22.7 Å². The topological polar surface area (TPSA) is 93.9 Å². The van der Waals surface area contributed by atoms with Gasteiger partial charge in [0.2, 0.25) is 0 Å². The van der Waals surface area contributed by atoms with E-state index in [1.807, 2.05) is 6.07 Å². The molecule has 0 bridgehead atoms. The Balaban J connectivity index is 2.21. The van der Waals surface area contributed by atoms with Crippen LogP contribution in [0.3, 0.4) is 0 Å². The minimum Gasteiger partial charge on any atom is -0.404 e. The number of alkyl halides is 3. The third-order valence-electron chi connectivity index (χ3n) is 5.79. The van der Waals surface area contributed by atoms with Gasteiger partial charge in [0.05, 0.1) is 11.6 Å². The van der Waals surface area contributed by atoms with E-state index in [1.54, 1.807) is 12.1 Å². The molecule has 0 saturated heterocycles. The van der Waals surface area contributed by atoms with Crippen LogP contribution in [0.25, 0.3) is 5.57 Å². The molecule has 2 aromatic rings. The van der Waals surface area contributed by atoms with Gasteiger partial charge in [-0.05, 0) is 65.8 Å². The van der Waals surface area contributed by atoms with Crippen molar-refractivity contribution >= 4 is 11.3 Å². The average Bonchev–Trinajstić information content (AvgIpc) is 3.04. The normalized spacial score (nSPS) is 19.9. The van der Waals surface area contributed by atoms with Gasteiger partial charge in [-0.25, -0.2) is 17.6 Å². The Morgan fingerprint density at radius 1 is 1.38 bits per heavy atom. The van der Waals surface area contributed by atoms with Gasteiger partial charge in [-0.2, -0.15) is 5.26 Å². The van der Waals surface area contributed by atoms with Gasteiger partial charge in [0.15, 0.2) is 6.17 Å². The molecule has 1 aliphatic rings. The van der Waals surface area contributed by atoms with E-state index in [1.165, 1.54) is 13.1 Å². The van der Waals surface area contributed by atoms with Crippen LogP contribution in [0.1, 0.15) is 65.1 Å². The molecule has 0 aliphatic heterocycles. The van der Waals surface area contributed by atoms with Crippen LogP contribution in [-0.4, -0.2) is 23.2 Å². The van der Waals surface area contributed by atoms with E-state index in [4.69, 9.17) is 11.1 Å². The van der Waals surface area contributed by atoms with Crippen LogP contribution in [0.5, 0.6) is 0 Å². The van der Waals surface area contributed by atoms with Crippen LogP contribution in [0.2, 0.25) is 0 Å². The van der Waals surface area contributed by atoms with Gasteiger partial charge in [0, 0.05) is 23.9 Å². The Labute approximate surface area is 183 Å². The van der Waals surface area contributed by atoms with Gasteiger partial charge >= 0.3 is 0 Å². The van der Waals surface area contributed by atoms with Crippen LogP contribution < -0.4 is 5.73 Å². The first-order chi connectivity index (χ1) is 15.1. The first-order valence-electron chi connectivity index (χ1n) is 10.1. The molecule has 168 valence electrons. The molecule has 4 atom stereocenters. The van der Waals surface area contributed by atoms with Crippen LogP contribution in [-0.2, 0) is 12.8 Å². The summed E-state index contributed by atoms with van der Waals surface area (Å²) in [6.07, 6.45) is -6.13. The number of hydrogen-bond acceptors (Lipinski definition) is 4. The Hall–Kier alpha value is -3.18. The summed E-state index contributed by atoms with van der Waals surface area (Å²) >= 11 is 0. The molecule has 0 aromatic heterocycles. The molecule has 1 aliphatic carbocycles. The fourth-order valence-electron chi connectivity index (χ4n) is 4.23. The number of allylic oxidation sites excluding steroid dienone is 1. The lowest BCUT2D eigenvalue weighted by molar-refractivity contribution is 0.0924. The fourth-order valence-corrected chi connectivity index (χ4v) is 4.23. The van der Waals surface area contributed by atoms with Crippen molar-refractivity contribution in [2.24, 2.45) is 5.73 Å². The predicted octanol–water partition coefficient (Wildman–Crippen LogP) is 4.92. The van der Waals surface area contributed by atoms with Crippen molar-refractivity contribution in [2.45, 2.75) is 51.3 Å². The van der Waals surface area contributed by atoms with Crippen molar-refractivity contribution in [1.29, 1.82) is 10.7 Å². The van der Waals surface area contributed by atoms with Gasteiger partial charge in [0.1, 0.15) is 24.3 Å². The first kappa shape index (κ1) is 23.5. The third kappa shape index (κ3) is 4.13. The van der Waals surface area contributed by atoms with E-state index in [-0.39, 0.29) is 40.8 Å². The fraction of sp³-hybridized carbons (Fsp3) is 0.333. The smallest absolute Gasteiger partial charge is 0.156 e. The van der Waals surface area contributed by atoms with E-state index in [9.17, 15) is 27.9 Å². The van der Waals surface area contributed by atoms with Gasteiger partial charge < -0.3 is 16.2 Å². The molecular weight excluding hydrogens is 422 g/mol. The zero-order chi connectivity index (χ0) is 23.7. The summed E-state index contributed by atoms with van der Waals surface area (Å²) in [5.41, 5.74) is 7.42. The molecule has 0 heterocycles. The third-order valence-corrected chi connectivity index (χ3v) is 5.79.